The molecule has 1 fully saturated rings. The first kappa shape index (κ1) is 18.9. The molecule has 0 aliphatic carbocycles. The molecule has 1 saturated heterocycles. The van der Waals surface area contributed by atoms with Crippen LogP contribution >= 0.6 is 0 Å². The molecular weight excluding hydrogens is 375 g/mol. The zero-order valence-corrected chi connectivity index (χ0v) is 16.0. The number of nitrogens with one attached hydrogen (secondary N) is 1. The van der Waals surface area contributed by atoms with E-state index in [1.807, 2.05) is 0 Å². The van der Waals surface area contributed by atoms with Crippen LogP contribution in [0.4, 0.5) is 14.9 Å². The molecule has 1 N–H and O–H groups in total. The summed E-state index contributed by atoms with van der Waals surface area (Å²) in [4.78, 5) is 19.0. The largest absolute Gasteiger partial charge is 0.497 e. The number of aromatic nitrogens is 2. The maximum atomic E-state index is 13.1. The Balaban J connectivity index is 1.51. The van der Waals surface area contributed by atoms with E-state index < -0.39 is 0 Å². The molecule has 0 saturated carbocycles. The van der Waals surface area contributed by atoms with E-state index in [1.165, 1.54) is 12.1 Å². The molecule has 29 heavy (non-hydrogen) atoms. The second kappa shape index (κ2) is 8.30. The fraction of sp³-hybridized carbons (Fsp3) is 0.286. The van der Waals surface area contributed by atoms with Crippen LogP contribution < -0.4 is 10.1 Å². The van der Waals surface area contributed by atoms with E-state index in [1.54, 1.807) is 48.4 Å². The number of amides is 2. The van der Waals surface area contributed by atoms with E-state index >= 15 is 0 Å². The number of methoxy groups -OCH3 is 1. The molecule has 1 aliphatic heterocycles. The number of benzene rings is 2. The van der Waals surface area contributed by atoms with Crippen LogP contribution in [0.15, 0.2) is 53.1 Å². The number of carbonyl (C=O) groups excluding carboxylic acids is 1. The maximum Gasteiger partial charge on any atom is 0.322 e. The first-order valence-corrected chi connectivity index (χ1v) is 9.45. The Bertz CT molecular complexity index is 972. The van der Waals surface area contributed by atoms with Crippen molar-refractivity contribution in [3.63, 3.8) is 0 Å². The van der Waals surface area contributed by atoms with Crippen molar-refractivity contribution in [1.82, 2.24) is 15.0 Å². The van der Waals surface area contributed by atoms with Gasteiger partial charge in [-0.15, -0.1) is 0 Å². The Morgan fingerprint density at radius 3 is 2.66 bits per heavy atom. The van der Waals surface area contributed by atoms with Crippen molar-refractivity contribution in [3.8, 4) is 17.1 Å². The van der Waals surface area contributed by atoms with Gasteiger partial charge in [0, 0.05) is 17.8 Å². The third-order valence-electron chi connectivity index (χ3n) is 4.93. The third-order valence-corrected chi connectivity index (χ3v) is 4.93. The average molecular weight is 396 g/mol. The standard InChI is InChI=1S/C21H21FN4O3/c1-28-17-11-9-16(10-12-17)23-21(27)26-13-3-2-4-18(26)20-24-19(25-29-20)14-5-7-15(22)8-6-14/h5-12,18H,2-4,13H2,1H3,(H,23,27). The molecule has 1 aliphatic rings. The van der Waals surface area contributed by atoms with Gasteiger partial charge < -0.3 is 19.5 Å². The van der Waals surface area contributed by atoms with Crippen LogP contribution in [0.2, 0.25) is 0 Å². The number of anilines is 1. The van der Waals surface area contributed by atoms with E-state index in [0.29, 0.717) is 29.5 Å². The van der Waals surface area contributed by atoms with Gasteiger partial charge in [0.25, 0.3) is 0 Å². The molecule has 0 bridgehead atoms. The molecule has 8 heteroatoms. The number of halogens is 1. The topological polar surface area (TPSA) is 80.5 Å². The lowest BCUT2D eigenvalue weighted by molar-refractivity contribution is 0.142. The van der Waals surface area contributed by atoms with Gasteiger partial charge in [0.15, 0.2) is 0 Å². The summed E-state index contributed by atoms with van der Waals surface area (Å²) in [5.74, 6) is 1.15. The SMILES string of the molecule is COc1ccc(NC(=O)N2CCCCC2c2nc(-c3ccc(F)cc3)no2)cc1. The van der Waals surface area contributed by atoms with Gasteiger partial charge in [-0.2, -0.15) is 4.98 Å². The highest BCUT2D eigenvalue weighted by Crippen LogP contribution is 2.32. The molecule has 1 atom stereocenters. The smallest absolute Gasteiger partial charge is 0.322 e. The van der Waals surface area contributed by atoms with Crippen molar-refractivity contribution < 1.29 is 18.4 Å². The number of nitrogens with zero attached hydrogens (tertiary/aromatic N) is 3. The van der Waals surface area contributed by atoms with Crippen molar-refractivity contribution in [1.29, 1.82) is 0 Å². The van der Waals surface area contributed by atoms with Crippen molar-refractivity contribution in [3.05, 3.63) is 60.2 Å². The number of carbonyl (C=O) groups is 1. The van der Waals surface area contributed by atoms with Gasteiger partial charge in [-0.1, -0.05) is 5.16 Å². The summed E-state index contributed by atoms with van der Waals surface area (Å²) in [6.07, 6.45) is 2.61. The number of hydrogen-bond acceptors (Lipinski definition) is 5. The first-order chi connectivity index (χ1) is 14.1. The zero-order chi connectivity index (χ0) is 20.2. The zero-order valence-electron chi connectivity index (χ0n) is 16.0. The summed E-state index contributed by atoms with van der Waals surface area (Å²) >= 11 is 0. The molecule has 0 spiro atoms. The van der Waals surface area contributed by atoms with Gasteiger partial charge in [0.05, 0.1) is 7.11 Å². The molecule has 1 aromatic heterocycles. The van der Waals surface area contributed by atoms with Crippen molar-refractivity contribution in [2.75, 3.05) is 19.0 Å². The second-order valence-electron chi connectivity index (χ2n) is 6.83. The summed E-state index contributed by atoms with van der Waals surface area (Å²) in [5, 5.41) is 6.91. The molecule has 2 heterocycles. The number of piperidine rings is 1. The van der Waals surface area contributed by atoms with Gasteiger partial charge in [-0.05, 0) is 67.8 Å². The van der Waals surface area contributed by atoms with Crippen LogP contribution in [-0.4, -0.2) is 34.7 Å². The lowest BCUT2D eigenvalue weighted by Gasteiger charge is -2.33. The van der Waals surface area contributed by atoms with Crippen LogP contribution in [0.1, 0.15) is 31.2 Å². The van der Waals surface area contributed by atoms with Crippen LogP contribution in [0.25, 0.3) is 11.4 Å². The van der Waals surface area contributed by atoms with Gasteiger partial charge >= 0.3 is 6.03 Å². The summed E-state index contributed by atoms with van der Waals surface area (Å²) in [6, 6.07) is 12.5. The van der Waals surface area contributed by atoms with Gasteiger partial charge in [-0.25, -0.2) is 9.18 Å². The Labute approximate surface area is 167 Å². The minimum absolute atomic E-state index is 0.221. The number of rotatable bonds is 4. The summed E-state index contributed by atoms with van der Waals surface area (Å²) in [7, 11) is 1.59. The third kappa shape index (κ3) is 4.21. The second-order valence-corrected chi connectivity index (χ2v) is 6.83. The number of ether oxygens (including phenoxy) is 1. The molecule has 150 valence electrons. The van der Waals surface area contributed by atoms with Gasteiger partial charge in [-0.3, -0.25) is 0 Å². The van der Waals surface area contributed by atoms with Crippen LogP contribution in [-0.2, 0) is 0 Å². The minimum atomic E-state index is -0.328. The molecular formula is C21H21FN4O3. The fourth-order valence-electron chi connectivity index (χ4n) is 3.39. The normalized spacial score (nSPS) is 16.5. The Morgan fingerprint density at radius 1 is 1.17 bits per heavy atom. The quantitative estimate of drug-likeness (QED) is 0.695. The van der Waals surface area contributed by atoms with Crippen LogP contribution in [0.3, 0.4) is 0 Å². The van der Waals surface area contributed by atoms with E-state index in [0.717, 1.165) is 25.0 Å². The Morgan fingerprint density at radius 2 is 1.93 bits per heavy atom. The molecule has 7 nitrogen and oxygen atoms in total. The van der Waals surface area contributed by atoms with E-state index in [4.69, 9.17) is 9.26 Å². The molecule has 2 amide bonds. The predicted octanol–water partition coefficient (Wildman–Crippen LogP) is 4.64. The summed E-state index contributed by atoms with van der Waals surface area (Å²) in [6.45, 7) is 0.598. The summed E-state index contributed by atoms with van der Waals surface area (Å²) in [5.41, 5.74) is 1.34. The van der Waals surface area contributed by atoms with Crippen molar-refractivity contribution in [2.24, 2.45) is 0 Å². The highest BCUT2D eigenvalue weighted by atomic mass is 19.1. The number of hydrogen-bond donors (Lipinski definition) is 1. The van der Waals surface area contributed by atoms with E-state index in [9.17, 15) is 9.18 Å². The van der Waals surface area contributed by atoms with Gasteiger partial charge in [0.2, 0.25) is 11.7 Å². The Hall–Kier alpha value is -3.42. The van der Waals surface area contributed by atoms with Crippen LogP contribution in [0, 0.1) is 5.82 Å². The first-order valence-electron chi connectivity index (χ1n) is 9.45. The number of likely N-dealkylation sites (tertiary alicyclic amines) is 1. The Kier molecular flexibility index (Phi) is 5.41. The lowest BCUT2D eigenvalue weighted by atomic mass is 10.0. The highest BCUT2D eigenvalue weighted by Gasteiger charge is 2.32. The van der Waals surface area contributed by atoms with Crippen molar-refractivity contribution in [2.45, 2.75) is 25.3 Å². The van der Waals surface area contributed by atoms with E-state index in [-0.39, 0.29) is 17.9 Å². The average Bonchev–Trinajstić information content (AvgIpc) is 3.25. The predicted molar refractivity (Wildman–Crippen MR) is 105 cm³/mol. The lowest BCUT2D eigenvalue weighted by Crippen LogP contribution is -2.41. The molecule has 4 rings (SSSR count). The number of urea groups is 1. The molecule has 3 aromatic rings. The fourth-order valence-corrected chi connectivity index (χ4v) is 3.39. The molecule has 2 aromatic carbocycles. The van der Waals surface area contributed by atoms with Crippen molar-refractivity contribution >= 4 is 11.7 Å². The van der Waals surface area contributed by atoms with Gasteiger partial charge in [0.1, 0.15) is 17.6 Å². The maximum absolute atomic E-state index is 13.1. The highest BCUT2D eigenvalue weighted by molar-refractivity contribution is 5.89. The monoisotopic (exact) mass is 396 g/mol. The molecule has 0 radical (unpaired) electrons. The summed E-state index contributed by atoms with van der Waals surface area (Å²) < 4.78 is 23.7. The minimum Gasteiger partial charge on any atom is -0.497 e. The van der Waals surface area contributed by atoms with E-state index in [2.05, 4.69) is 15.5 Å². The van der Waals surface area contributed by atoms with Crippen LogP contribution in [0.5, 0.6) is 5.75 Å². The molecule has 1 unspecified atom stereocenters.